The maximum atomic E-state index is 10.4. The summed E-state index contributed by atoms with van der Waals surface area (Å²) in [7, 11) is 0. The van der Waals surface area contributed by atoms with Crippen molar-refractivity contribution in [1.82, 2.24) is 15.1 Å². The summed E-state index contributed by atoms with van der Waals surface area (Å²) < 4.78 is 5.83. The zero-order chi connectivity index (χ0) is 16.9. The average molecular weight is 329 g/mol. The summed E-state index contributed by atoms with van der Waals surface area (Å²) in [6.45, 7) is 7.05. The first-order valence-corrected chi connectivity index (χ1v) is 8.71. The van der Waals surface area contributed by atoms with Gasteiger partial charge in [0.25, 0.3) is 0 Å². The zero-order valence-electron chi connectivity index (χ0n) is 14.5. The van der Waals surface area contributed by atoms with E-state index in [4.69, 9.17) is 4.74 Å². The van der Waals surface area contributed by atoms with Crippen LogP contribution in [0.3, 0.4) is 0 Å². The van der Waals surface area contributed by atoms with Gasteiger partial charge in [0.05, 0.1) is 0 Å². The minimum atomic E-state index is -0.481. The van der Waals surface area contributed by atoms with Crippen LogP contribution in [0, 0.1) is 13.8 Å². The van der Waals surface area contributed by atoms with Gasteiger partial charge in [0.2, 0.25) is 0 Å². The second kappa shape index (κ2) is 7.81. The summed E-state index contributed by atoms with van der Waals surface area (Å²) in [5.74, 6) is 1.34. The van der Waals surface area contributed by atoms with Crippen LogP contribution in [0.25, 0.3) is 0 Å². The fraction of sp³-hybridized carbons (Fsp3) is 0.526. The molecule has 130 valence electrons. The molecule has 1 aromatic carbocycles. The lowest BCUT2D eigenvalue weighted by atomic mass is 9.95. The fourth-order valence-electron chi connectivity index (χ4n) is 3.37. The Morgan fingerprint density at radius 2 is 2.25 bits per heavy atom. The normalized spacial score (nSPS) is 20.0. The average Bonchev–Trinajstić information content (AvgIpc) is 3.10. The smallest absolute Gasteiger partial charge is 0.122 e. The molecular formula is C19H27N3O2. The maximum Gasteiger partial charge on any atom is 0.122 e. The molecule has 2 heterocycles. The lowest BCUT2D eigenvalue weighted by molar-refractivity contribution is 0.0578. The number of rotatable bonds is 6. The van der Waals surface area contributed by atoms with Crippen molar-refractivity contribution in [3.8, 4) is 5.75 Å². The molecule has 1 aliphatic rings. The molecule has 0 radical (unpaired) electrons. The number of H-pyrrole nitrogens is 1. The van der Waals surface area contributed by atoms with Gasteiger partial charge in [-0.2, -0.15) is 5.10 Å². The van der Waals surface area contributed by atoms with Crippen LogP contribution < -0.4 is 4.74 Å². The van der Waals surface area contributed by atoms with Crippen molar-refractivity contribution in [2.75, 3.05) is 26.2 Å². The van der Waals surface area contributed by atoms with Crippen molar-refractivity contribution in [3.05, 3.63) is 47.3 Å². The Balaban J connectivity index is 1.49. The van der Waals surface area contributed by atoms with E-state index in [9.17, 15) is 5.11 Å². The van der Waals surface area contributed by atoms with Crippen molar-refractivity contribution in [1.29, 1.82) is 0 Å². The quantitative estimate of drug-likeness (QED) is 0.855. The predicted molar refractivity (Wildman–Crippen MR) is 94.4 cm³/mol. The summed E-state index contributed by atoms with van der Waals surface area (Å²) in [4.78, 5) is 2.33. The Bertz CT molecular complexity index is 642. The largest absolute Gasteiger partial charge is 0.491 e. The molecular weight excluding hydrogens is 302 g/mol. The number of aryl methyl sites for hydroxylation is 2. The number of aliphatic hydroxyl groups is 1. The second-order valence-electron chi connectivity index (χ2n) is 6.84. The van der Waals surface area contributed by atoms with Gasteiger partial charge in [-0.15, -0.1) is 0 Å². The number of hydrogen-bond donors (Lipinski definition) is 2. The van der Waals surface area contributed by atoms with E-state index in [0.29, 0.717) is 19.1 Å². The standard InChI is InChI=1S/C19H27N3O2/c1-14-5-6-15(2)19(10-14)24-13-17(23)12-22-9-3-4-16(11-22)18-7-8-20-21-18/h5-8,10,16-17,23H,3-4,9,11-13H2,1-2H3,(H,20,21)/t16-,17-/m1/s1. The number of aromatic nitrogens is 2. The molecule has 1 fully saturated rings. The molecule has 0 spiro atoms. The van der Waals surface area contributed by atoms with Gasteiger partial charge in [-0.05, 0) is 56.5 Å². The van der Waals surface area contributed by atoms with Crippen LogP contribution in [0.2, 0.25) is 0 Å². The van der Waals surface area contributed by atoms with Gasteiger partial charge in [-0.1, -0.05) is 12.1 Å². The second-order valence-corrected chi connectivity index (χ2v) is 6.84. The topological polar surface area (TPSA) is 61.4 Å². The van der Waals surface area contributed by atoms with Gasteiger partial charge in [-0.25, -0.2) is 0 Å². The third-order valence-corrected chi connectivity index (χ3v) is 4.71. The Hall–Kier alpha value is -1.85. The molecule has 0 saturated carbocycles. The van der Waals surface area contributed by atoms with E-state index < -0.39 is 6.10 Å². The molecule has 0 bridgehead atoms. The van der Waals surface area contributed by atoms with Crippen molar-refractivity contribution >= 4 is 0 Å². The van der Waals surface area contributed by atoms with Crippen molar-refractivity contribution in [3.63, 3.8) is 0 Å². The van der Waals surface area contributed by atoms with E-state index in [1.54, 1.807) is 6.20 Å². The minimum Gasteiger partial charge on any atom is -0.491 e. The Kier molecular flexibility index (Phi) is 5.53. The molecule has 1 aromatic heterocycles. The van der Waals surface area contributed by atoms with E-state index in [1.807, 2.05) is 26.0 Å². The Morgan fingerprint density at radius 3 is 3.04 bits per heavy atom. The Morgan fingerprint density at radius 1 is 1.38 bits per heavy atom. The lowest BCUT2D eigenvalue weighted by Crippen LogP contribution is -2.41. The number of aromatic amines is 1. The molecule has 24 heavy (non-hydrogen) atoms. The fourth-order valence-corrected chi connectivity index (χ4v) is 3.37. The number of nitrogens with zero attached hydrogens (tertiary/aromatic N) is 2. The molecule has 0 aliphatic carbocycles. The predicted octanol–water partition coefficient (Wildman–Crippen LogP) is 2.65. The van der Waals surface area contributed by atoms with Crippen LogP contribution in [-0.4, -0.2) is 52.5 Å². The number of aliphatic hydroxyl groups excluding tert-OH is 1. The maximum absolute atomic E-state index is 10.4. The number of benzene rings is 1. The van der Waals surface area contributed by atoms with Gasteiger partial charge in [0.15, 0.2) is 0 Å². The molecule has 2 aromatic rings. The molecule has 0 amide bonds. The summed E-state index contributed by atoms with van der Waals surface area (Å²) in [6.07, 6.45) is 3.65. The van der Waals surface area contributed by atoms with E-state index >= 15 is 0 Å². The van der Waals surface area contributed by atoms with Crippen LogP contribution in [0.5, 0.6) is 5.75 Å². The number of ether oxygens (including phenoxy) is 1. The SMILES string of the molecule is Cc1ccc(C)c(OC[C@H](O)CN2CCC[C@@H](c3ccn[nH]3)C2)c1. The molecule has 5 heteroatoms. The lowest BCUT2D eigenvalue weighted by Gasteiger charge is -2.33. The van der Waals surface area contributed by atoms with Crippen LogP contribution in [0.15, 0.2) is 30.5 Å². The summed E-state index contributed by atoms with van der Waals surface area (Å²) >= 11 is 0. The van der Waals surface area contributed by atoms with Gasteiger partial charge in [-0.3, -0.25) is 10.00 Å². The first-order chi connectivity index (χ1) is 11.6. The molecule has 5 nitrogen and oxygen atoms in total. The minimum absolute atomic E-state index is 0.329. The summed E-state index contributed by atoms with van der Waals surface area (Å²) in [5, 5.41) is 17.5. The summed E-state index contributed by atoms with van der Waals surface area (Å²) in [6, 6.07) is 8.20. The van der Waals surface area contributed by atoms with Gasteiger partial charge in [0.1, 0.15) is 18.5 Å². The van der Waals surface area contributed by atoms with Gasteiger partial charge < -0.3 is 9.84 Å². The number of piperidine rings is 1. The molecule has 2 N–H and O–H groups in total. The highest BCUT2D eigenvalue weighted by atomic mass is 16.5. The van der Waals surface area contributed by atoms with Gasteiger partial charge >= 0.3 is 0 Å². The summed E-state index contributed by atoms with van der Waals surface area (Å²) in [5.41, 5.74) is 3.47. The highest BCUT2D eigenvalue weighted by Crippen LogP contribution is 2.25. The number of β-amino-alcohol motifs (C(OH)–C–C–N with tert-alkyl or cyclic N) is 1. The van der Waals surface area contributed by atoms with E-state index in [0.717, 1.165) is 30.8 Å². The molecule has 1 aliphatic heterocycles. The van der Waals surface area contributed by atoms with E-state index in [1.165, 1.54) is 17.7 Å². The van der Waals surface area contributed by atoms with Crippen molar-refractivity contribution in [2.45, 2.75) is 38.7 Å². The van der Waals surface area contributed by atoms with Crippen LogP contribution in [0.1, 0.15) is 35.6 Å². The molecule has 1 saturated heterocycles. The number of hydrogen-bond acceptors (Lipinski definition) is 4. The third-order valence-electron chi connectivity index (χ3n) is 4.71. The zero-order valence-corrected chi connectivity index (χ0v) is 14.5. The van der Waals surface area contributed by atoms with Gasteiger partial charge in [0, 0.05) is 30.9 Å². The molecule has 3 rings (SSSR count). The third kappa shape index (κ3) is 4.36. The first kappa shape index (κ1) is 17.0. The Labute approximate surface area is 143 Å². The molecule has 2 atom stereocenters. The van der Waals surface area contributed by atoms with E-state index in [-0.39, 0.29) is 0 Å². The first-order valence-electron chi connectivity index (χ1n) is 8.71. The number of likely N-dealkylation sites (tertiary alicyclic amines) is 1. The number of nitrogens with one attached hydrogen (secondary N) is 1. The van der Waals surface area contributed by atoms with E-state index in [2.05, 4.69) is 27.2 Å². The van der Waals surface area contributed by atoms with Crippen LogP contribution >= 0.6 is 0 Å². The van der Waals surface area contributed by atoms with Crippen LogP contribution in [-0.2, 0) is 0 Å². The highest BCUT2D eigenvalue weighted by Gasteiger charge is 2.24. The molecule has 0 unspecified atom stereocenters. The highest BCUT2D eigenvalue weighted by molar-refractivity contribution is 5.35. The van der Waals surface area contributed by atoms with Crippen molar-refractivity contribution < 1.29 is 9.84 Å². The van der Waals surface area contributed by atoms with Crippen molar-refractivity contribution in [2.24, 2.45) is 0 Å². The monoisotopic (exact) mass is 329 g/mol. The van der Waals surface area contributed by atoms with Crippen LogP contribution in [0.4, 0.5) is 0 Å².